The highest BCUT2D eigenvalue weighted by Gasteiger charge is 2.23. The maximum atomic E-state index is 12.5. The molecule has 0 radical (unpaired) electrons. The lowest BCUT2D eigenvalue weighted by atomic mass is 10.2. The summed E-state index contributed by atoms with van der Waals surface area (Å²) in [5.74, 6) is 0.468. The van der Waals surface area contributed by atoms with Crippen molar-refractivity contribution in [1.29, 1.82) is 0 Å². The normalized spacial score (nSPS) is 11.5. The maximum Gasteiger partial charge on any atom is 0.307 e. The van der Waals surface area contributed by atoms with Gasteiger partial charge in [0.1, 0.15) is 11.5 Å². The summed E-state index contributed by atoms with van der Waals surface area (Å²) in [6.07, 6.45) is 0.652. The van der Waals surface area contributed by atoms with Crippen LogP contribution in [0.3, 0.4) is 0 Å². The van der Waals surface area contributed by atoms with Gasteiger partial charge in [-0.25, -0.2) is 0 Å². The Hall–Kier alpha value is -2.28. The number of ether oxygens (including phenoxy) is 3. The fraction of sp³-hybridized carbons (Fsp3) is 0.556. The van der Waals surface area contributed by atoms with Gasteiger partial charge in [0, 0.05) is 12.6 Å². The van der Waals surface area contributed by atoms with Crippen molar-refractivity contribution in [1.82, 2.24) is 4.90 Å². The maximum absolute atomic E-state index is 12.5. The Kier molecular flexibility index (Phi) is 9.39. The van der Waals surface area contributed by atoms with Gasteiger partial charge in [-0.1, -0.05) is 13.0 Å². The number of benzene rings is 1. The van der Waals surface area contributed by atoms with Gasteiger partial charge in [-0.3, -0.25) is 9.59 Å². The number of methoxy groups -OCH3 is 1. The van der Waals surface area contributed by atoms with Crippen molar-refractivity contribution in [3.8, 4) is 11.5 Å². The minimum Gasteiger partial charge on any atom is -0.497 e. The van der Waals surface area contributed by atoms with Gasteiger partial charge >= 0.3 is 5.97 Å². The molecule has 140 valence electrons. The Morgan fingerprint density at radius 2 is 1.96 bits per heavy atom. The fourth-order valence-electron chi connectivity index (χ4n) is 2.32. The Morgan fingerprint density at radius 3 is 2.56 bits per heavy atom. The molecule has 1 amide bonds. The smallest absolute Gasteiger partial charge is 0.307 e. The molecule has 0 fully saturated rings. The lowest BCUT2D eigenvalue weighted by Crippen LogP contribution is -2.45. The number of carbonyl (C=O) groups excluding carboxylic acids is 2. The molecule has 0 aromatic heterocycles. The lowest BCUT2D eigenvalue weighted by Gasteiger charge is -2.29. The van der Waals surface area contributed by atoms with Gasteiger partial charge in [0.05, 0.1) is 32.8 Å². The Morgan fingerprint density at radius 1 is 1.24 bits per heavy atom. The molecule has 0 aliphatic heterocycles. The topological polar surface area (TPSA) is 85.3 Å². The third-order valence-electron chi connectivity index (χ3n) is 3.71. The predicted molar refractivity (Wildman–Crippen MR) is 92.6 cm³/mol. The first-order valence-corrected chi connectivity index (χ1v) is 8.38. The van der Waals surface area contributed by atoms with E-state index in [9.17, 15) is 14.7 Å². The first-order chi connectivity index (χ1) is 12.0. The molecule has 0 aliphatic carbocycles. The van der Waals surface area contributed by atoms with Crippen LogP contribution >= 0.6 is 0 Å². The summed E-state index contributed by atoms with van der Waals surface area (Å²) in [6, 6.07) is 6.58. The summed E-state index contributed by atoms with van der Waals surface area (Å²) in [5.41, 5.74) is 0. The van der Waals surface area contributed by atoms with Crippen LogP contribution in [0.25, 0.3) is 0 Å². The average Bonchev–Trinajstić information content (AvgIpc) is 2.63. The highest BCUT2D eigenvalue weighted by Crippen LogP contribution is 2.19. The molecule has 0 aliphatic rings. The van der Waals surface area contributed by atoms with Gasteiger partial charge in [-0.15, -0.1) is 0 Å². The van der Waals surface area contributed by atoms with Gasteiger partial charge in [-0.05, 0) is 25.5 Å². The van der Waals surface area contributed by atoms with Gasteiger partial charge in [0.25, 0.3) is 5.91 Å². The zero-order valence-electron chi connectivity index (χ0n) is 15.1. The van der Waals surface area contributed by atoms with Crippen molar-refractivity contribution < 1.29 is 28.9 Å². The zero-order chi connectivity index (χ0) is 18.7. The van der Waals surface area contributed by atoms with E-state index in [0.717, 1.165) is 0 Å². The zero-order valence-corrected chi connectivity index (χ0v) is 15.1. The van der Waals surface area contributed by atoms with Gasteiger partial charge in [-0.2, -0.15) is 0 Å². The monoisotopic (exact) mass is 353 g/mol. The van der Waals surface area contributed by atoms with E-state index in [0.29, 0.717) is 24.5 Å². The van der Waals surface area contributed by atoms with Crippen molar-refractivity contribution in [3.63, 3.8) is 0 Å². The Labute approximate surface area is 148 Å². The molecule has 7 heteroatoms. The molecular weight excluding hydrogens is 326 g/mol. The number of rotatable bonds is 11. The number of nitrogens with zero attached hydrogens (tertiary/aromatic N) is 1. The summed E-state index contributed by atoms with van der Waals surface area (Å²) in [5, 5.41) is 9.50. The van der Waals surface area contributed by atoms with E-state index in [1.807, 2.05) is 6.92 Å². The van der Waals surface area contributed by atoms with Crippen LogP contribution < -0.4 is 9.47 Å². The standard InChI is InChI=1S/C18H27NO6/c1-4-14(12-20)19(10-9-18(22)24-5-2)17(21)13-25-16-8-6-7-15(11-16)23-3/h6-8,11,14,20H,4-5,9-10,12-13H2,1-3H3. The molecule has 25 heavy (non-hydrogen) atoms. The third-order valence-corrected chi connectivity index (χ3v) is 3.71. The minimum absolute atomic E-state index is 0.0786. The van der Waals surface area contributed by atoms with Crippen LogP contribution in [-0.2, 0) is 14.3 Å². The molecule has 1 rings (SSSR count). The molecule has 1 N–H and O–H groups in total. The van der Waals surface area contributed by atoms with E-state index >= 15 is 0 Å². The van der Waals surface area contributed by atoms with E-state index in [1.54, 1.807) is 38.3 Å². The van der Waals surface area contributed by atoms with E-state index < -0.39 is 0 Å². The molecule has 0 heterocycles. The number of amides is 1. The predicted octanol–water partition coefficient (Wildman–Crippen LogP) is 1.63. The summed E-state index contributed by atoms with van der Waals surface area (Å²) in [6.45, 7) is 3.71. The summed E-state index contributed by atoms with van der Waals surface area (Å²) >= 11 is 0. The average molecular weight is 353 g/mol. The molecule has 1 atom stereocenters. The molecule has 1 unspecified atom stereocenters. The van der Waals surface area contributed by atoms with Crippen molar-refractivity contribution in [2.45, 2.75) is 32.7 Å². The number of hydrogen-bond acceptors (Lipinski definition) is 6. The van der Waals surface area contributed by atoms with Crippen LogP contribution in [0, 0.1) is 0 Å². The summed E-state index contributed by atoms with van der Waals surface area (Å²) < 4.78 is 15.5. The van der Waals surface area contributed by atoms with Crippen LogP contribution in [0.5, 0.6) is 11.5 Å². The Balaban J connectivity index is 2.68. The third kappa shape index (κ3) is 7.01. The fourth-order valence-corrected chi connectivity index (χ4v) is 2.32. The molecule has 0 bridgehead atoms. The van der Waals surface area contributed by atoms with Gasteiger partial charge < -0.3 is 24.2 Å². The second-order valence-electron chi connectivity index (χ2n) is 5.35. The quantitative estimate of drug-likeness (QED) is 0.609. The first-order valence-electron chi connectivity index (χ1n) is 8.38. The minimum atomic E-state index is -0.373. The van der Waals surface area contributed by atoms with Gasteiger partial charge in [0.2, 0.25) is 0 Å². The SMILES string of the molecule is CCOC(=O)CCN(C(=O)COc1cccc(OC)c1)C(CC)CO. The van der Waals surface area contributed by atoms with Crippen LogP contribution in [0.15, 0.2) is 24.3 Å². The van der Waals surface area contributed by atoms with E-state index in [-0.39, 0.29) is 44.1 Å². The second kappa shape index (κ2) is 11.3. The number of esters is 1. The number of carbonyl (C=O) groups is 2. The summed E-state index contributed by atoms with van der Waals surface area (Å²) in [4.78, 5) is 25.5. The number of aliphatic hydroxyl groups is 1. The largest absolute Gasteiger partial charge is 0.497 e. The van der Waals surface area contributed by atoms with Crippen LogP contribution in [0.1, 0.15) is 26.7 Å². The lowest BCUT2D eigenvalue weighted by molar-refractivity contribution is -0.145. The molecular formula is C18H27NO6. The van der Waals surface area contributed by atoms with E-state index in [4.69, 9.17) is 14.2 Å². The van der Waals surface area contributed by atoms with Gasteiger partial charge in [0.15, 0.2) is 6.61 Å². The Bertz CT molecular complexity index is 544. The molecule has 0 spiro atoms. The second-order valence-corrected chi connectivity index (χ2v) is 5.35. The van der Waals surface area contributed by atoms with E-state index in [2.05, 4.69) is 0 Å². The van der Waals surface area contributed by atoms with Crippen LogP contribution in [0.2, 0.25) is 0 Å². The number of hydrogen-bond donors (Lipinski definition) is 1. The van der Waals surface area contributed by atoms with E-state index in [1.165, 1.54) is 4.90 Å². The van der Waals surface area contributed by atoms with Crippen molar-refractivity contribution in [2.24, 2.45) is 0 Å². The van der Waals surface area contributed by atoms with Crippen molar-refractivity contribution in [3.05, 3.63) is 24.3 Å². The van der Waals surface area contributed by atoms with Crippen molar-refractivity contribution in [2.75, 3.05) is 33.5 Å². The highest BCUT2D eigenvalue weighted by atomic mass is 16.5. The summed E-state index contributed by atoms with van der Waals surface area (Å²) in [7, 11) is 1.55. The first kappa shape index (κ1) is 20.8. The molecule has 0 saturated carbocycles. The van der Waals surface area contributed by atoms with Crippen LogP contribution in [0.4, 0.5) is 0 Å². The molecule has 1 aromatic carbocycles. The highest BCUT2D eigenvalue weighted by molar-refractivity contribution is 5.79. The molecule has 0 saturated heterocycles. The molecule has 7 nitrogen and oxygen atoms in total. The number of aliphatic hydroxyl groups excluding tert-OH is 1. The van der Waals surface area contributed by atoms with Crippen LogP contribution in [-0.4, -0.2) is 61.4 Å². The molecule has 1 aromatic rings. The van der Waals surface area contributed by atoms with Crippen molar-refractivity contribution >= 4 is 11.9 Å².